The van der Waals surface area contributed by atoms with Crippen LogP contribution in [0.3, 0.4) is 0 Å². The van der Waals surface area contributed by atoms with Gasteiger partial charge < -0.3 is 9.84 Å². The van der Waals surface area contributed by atoms with E-state index in [9.17, 15) is 4.79 Å². The lowest BCUT2D eigenvalue weighted by Gasteiger charge is -2.36. The van der Waals surface area contributed by atoms with Gasteiger partial charge in [-0.15, -0.1) is 40.4 Å². The molecule has 5 nitrogen and oxygen atoms in total. The molecule has 2 aromatic rings. The number of nitrogens with zero attached hydrogens (tertiary/aromatic N) is 2. The highest BCUT2D eigenvalue weighted by molar-refractivity contribution is 8.16. The topological polar surface area (TPSA) is 72.3 Å². The number of carboxylic acid groups (broad SMARTS) is 1. The molecule has 0 amide bonds. The Labute approximate surface area is 177 Å². The standard InChI is InChI=1S/C20H20N2O3S3/c1-26-18-12-17-16(20(27-2,28-3)8-9-25-17)10-13(18)4-5-14-6-7-15(22-21-14)11-19(23)24/h6-7,10,12H,8-9,11H2,1-3H3,(H,23,24). The van der Waals surface area contributed by atoms with E-state index in [1.807, 2.05) is 29.8 Å². The monoisotopic (exact) mass is 432 g/mol. The predicted octanol–water partition coefficient (Wildman–Crippen LogP) is 3.89. The molecule has 1 aromatic carbocycles. The second-order valence-electron chi connectivity index (χ2n) is 6.04. The highest BCUT2D eigenvalue weighted by Crippen LogP contribution is 2.53. The summed E-state index contributed by atoms with van der Waals surface area (Å²) in [6.45, 7) is 0.714. The summed E-state index contributed by atoms with van der Waals surface area (Å²) in [7, 11) is 0. The van der Waals surface area contributed by atoms with Crippen LogP contribution in [-0.2, 0) is 15.3 Å². The van der Waals surface area contributed by atoms with E-state index in [1.54, 1.807) is 23.9 Å². The fourth-order valence-electron chi connectivity index (χ4n) is 2.99. The highest BCUT2D eigenvalue weighted by Gasteiger charge is 2.37. The molecule has 1 aromatic heterocycles. The Balaban J connectivity index is 1.97. The van der Waals surface area contributed by atoms with Crippen molar-refractivity contribution < 1.29 is 14.6 Å². The molecule has 0 radical (unpaired) electrons. The van der Waals surface area contributed by atoms with Gasteiger partial charge in [0.15, 0.2) is 0 Å². The molecular weight excluding hydrogens is 412 g/mol. The van der Waals surface area contributed by atoms with Crippen molar-refractivity contribution in [3.8, 4) is 17.6 Å². The number of hydrogen-bond donors (Lipinski definition) is 1. The van der Waals surface area contributed by atoms with Gasteiger partial charge in [0.1, 0.15) is 11.4 Å². The predicted molar refractivity (Wildman–Crippen MR) is 116 cm³/mol. The molecule has 0 saturated heterocycles. The molecule has 8 heteroatoms. The van der Waals surface area contributed by atoms with Gasteiger partial charge in [0.05, 0.1) is 22.8 Å². The molecule has 0 fully saturated rings. The van der Waals surface area contributed by atoms with E-state index in [2.05, 4.69) is 46.7 Å². The molecule has 0 bridgehead atoms. The highest BCUT2D eigenvalue weighted by atomic mass is 32.2. The number of carbonyl (C=O) groups is 1. The van der Waals surface area contributed by atoms with E-state index >= 15 is 0 Å². The number of thioether (sulfide) groups is 3. The SMILES string of the molecule is CSc1cc2c(cc1C#Cc1ccc(CC(=O)O)nn1)C(SC)(SC)CCO2. The molecule has 1 N–H and O–H groups in total. The Morgan fingerprint density at radius 2 is 2.00 bits per heavy atom. The second-order valence-corrected chi connectivity index (χ2v) is 9.36. The maximum atomic E-state index is 10.7. The second kappa shape index (κ2) is 9.12. The summed E-state index contributed by atoms with van der Waals surface area (Å²) in [5, 5.41) is 16.8. The van der Waals surface area contributed by atoms with E-state index in [-0.39, 0.29) is 10.5 Å². The van der Waals surface area contributed by atoms with Crippen LogP contribution in [0.5, 0.6) is 5.75 Å². The number of ether oxygens (including phenoxy) is 1. The van der Waals surface area contributed by atoms with Crippen molar-refractivity contribution in [2.75, 3.05) is 25.4 Å². The van der Waals surface area contributed by atoms with Crippen molar-refractivity contribution in [1.82, 2.24) is 10.2 Å². The largest absolute Gasteiger partial charge is 0.493 e. The third kappa shape index (κ3) is 4.43. The number of rotatable bonds is 5. The Hall–Kier alpha value is -1.82. The molecule has 1 aliphatic rings. The maximum Gasteiger partial charge on any atom is 0.309 e. The fourth-order valence-corrected chi connectivity index (χ4v) is 5.54. The lowest BCUT2D eigenvalue weighted by atomic mass is 10.0. The molecule has 2 heterocycles. The Kier molecular flexibility index (Phi) is 6.81. The molecule has 146 valence electrons. The summed E-state index contributed by atoms with van der Waals surface area (Å²) in [4.78, 5) is 11.8. The van der Waals surface area contributed by atoms with E-state index in [0.717, 1.165) is 22.6 Å². The van der Waals surface area contributed by atoms with Crippen LogP contribution in [0.15, 0.2) is 29.2 Å². The van der Waals surface area contributed by atoms with Crippen LogP contribution in [0.2, 0.25) is 0 Å². The first-order valence-corrected chi connectivity index (χ1v) is 12.2. The van der Waals surface area contributed by atoms with E-state index < -0.39 is 5.97 Å². The summed E-state index contributed by atoms with van der Waals surface area (Å²) in [5.74, 6) is 6.26. The summed E-state index contributed by atoms with van der Waals surface area (Å²) in [6, 6.07) is 7.55. The molecule has 0 spiro atoms. The summed E-state index contributed by atoms with van der Waals surface area (Å²) in [5.41, 5.74) is 3.03. The Bertz CT molecular complexity index is 932. The molecule has 0 saturated carbocycles. The minimum absolute atomic E-state index is 0.0285. The van der Waals surface area contributed by atoms with Gasteiger partial charge in [-0.05, 0) is 49.0 Å². The average molecular weight is 433 g/mol. The molecule has 0 aliphatic carbocycles. The molecular formula is C20H20N2O3S3. The summed E-state index contributed by atoms with van der Waals surface area (Å²) < 4.78 is 5.90. The normalized spacial score (nSPS) is 14.4. The van der Waals surface area contributed by atoms with Crippen LogP contribution < -0.4 is 4.74 Å². The Morgan fingerprint density at radius 1 is 1.21 bits per heavy atom. The zero-order valence-electron chi connectivity index (χ0n) is 15.8. The smallest absolute Gasteiger partial charge is 0.309 e. The minimum atomic E-state index is -0.930. The maximum absolute atomic E-state index is 10.7. The first kappa shape index (κ1) is 20.9. The number of aromatic nitrogens is 2. The molecule has 0 atom stereocenters. The van der Waals surface area contributed by atoms with Crippen LogP contribution in [-0.4, -0.2) is 46.6 Å². The molecule has 3 rings (SSSR count). The number of fused-ring (bicyclic) bond motifs is 1. The van der Waals surface area contributed by atoms with Crippen molar-refractivity contribution in [3.63, 3.8) is 0 Å². The number of carboxylic acids is 1. The Morgan fingerprint density at radius 3 is 2.61 bits per heavy atom. The van der Waals surface area contributed by atoms with Crippen molar-refractivity contribution in [2.24, 2.45) is 0 Å². The van der Waals surface area contributed by atoms with Gasteiger partial charge in [-0.1, -0.05) is 5.92 Å². The minimum Gasteiger partial charge on any atom is -0.493 e. The van der Waals surface area contributed by atoms with Crippen LogP contribution in [0.25, 0.3) is 0 Å². The average Bonchev–Trinajstić information content (AvgIpc) is 2.71. The van der Waals surface area contributed by atoms with Crippen molar-refractivity contribution >= 4 is 41.3 Å². The first-order chi connectivity index (χ1) is 13.5. The van der Waals surface area contributed by atoms with Gasteiger partial charge in [0, 0.05) is 22.4 Å². The first-order valence-electron chi connectivity index (χ1n) is 8.53. The molecule has 1 aliphatic heterocycles. The third-order valence-corrected chi connectivity index (χ3v) is 8.38. The number of hydrogen-bond acceptors (Lipinski definition) is 7. The third-order valence-electron chi connectivity index (χ3n) is 4.44. The van der Waals surface area contributed by atoms with Gasteiger partial charge in [0.25, 0.3) is 0 Å². The van der Waals surface area contributed by atoms with E-state index in [4.69, 9.17) is 9.84 Å². The van der Waals surface area contributed by atoms with Crippen LogP contribution in [0, 0.1) is 11.8 Å². The van der Waals surface area contributed by atoms with Crippen LogP contribution >= 0.6 is 35.3 Å². The van der Waals surface area contributed by atoms with Gasteiger partial charge in [-0.2, -0.15) is 5.10 Å². The van der Waals surface area contributed by atoms with Crippen LogP contribution in [0.4, 0.5) is 0 Å². The van der Waals surface area contributed by atoms with Gasteiger partial charge in [-0.25, -0.2) is 0 Å². The van der Waals surface area contributed by atoms with Gasteiger partial charge in [0.2, 0.25) is 0 Å². The van der Waals surface area contributed by atoms with Crippen LogP contribution in [0.1, 0.15) is 28.9 Å². The lowest BCUT2D eigenvalue weighted by molar-refractivity contribution is -0.136. The quantitative estimate of drug-likeness (QED) is 0.433. The zero-order valence-corrected chi connectivity index (χ0v) is 18.3. The zero-order chi connectivity index (χ0) is 20.1. The van der Waals surface area contributed by atoms with Gasteiger partial charge in [-0.3, -0.25) is 4.79 Å². The molecule has 0 unspecified atom stereocenters. The fraction of sp³-hybridized carbons (Fsp3) is 0.350. The number of benzene rings is 1. The van der Waals surface area contributed by atoms with Crippen molar-refractivity contribution in [2.45, 2.75) is 21.8 Å². The van der Waals surface area contributed by atoms with E-state index in [1.165, 1.54) is 5.56 Å². The van der Waals surface area contributed by atoms with Crippen molar-refractivity contribution in [1.29, 1.82) is 0 Å². The van der Waals surface area contributed by atoms with Crippen molar-refractivity contribution in [3.05, 3.63) is 46.8 Å². The summed E-state index contributed by atoms with van der Waals surface area (Å²) >= 11 is 5.30. The van der Waals surface area contributed by atoms with Gasteiger partial charge >= 0.3 is 5.97 Å². The number of aliphatic carboxylic acids is 1. The summed E-state index contributed by atoms with van der Waals surface area (Å²) in [6.07, 6.45) is 7.09. The lowest BCUT2D eigenvalue weighted by Crippen LogP contribution is -2.26. The van der Waals surface area contributed by atoms with E-state index in [0.29, 0.717) is 18.0 Å². The molecule has 28 heavy (non-hydrogen) atoms.